The molecule has 1 unspecified atom stereocenters. The number of hydrogen-bond acceptors (Lipinski definition) is 5. The number of carbonyl (C=O) groups is 1. The third-order valence-electron chi connectivity index (χ3n) is 6.07. The van der Waals surface area contributed by atoms with Gasteiger partial charge in [-0.2, -0.15) is 0 Å². The summed E-state index contributed by atoms with van der Waals surface area (Å²) in [7, 11) is 1.94. The summed E-state index contributed by atoms with van der Waals surface area (Å²) in [4.78, 5) is 17.0. The number of hydrogen-bond donors (Lipinski definition) is 3. The summed E-state index contributed by atoms with van der Waals surface area (Å²) in [5.41, 5.74) is 9.74. The van der Waals surface area contributed by atoms with Crippen LogP contribution in [0.2, 0.25) is 0 Å². The highest BCUT2D eigenvalue weighted by molar-refractivity contribution is 7.10. The number of nitrogens with two attached hydrogens (primary N) is 1. The largest absolute Gasteiger partial charge is 0.328 e. The molecule has 1 atom stereocenters. The van der Waals surface area contributed by atoms with E-state index in [4.69, 9.17) is 5.73 Å². The van der Waals surface area contributed by atoms with Gasteiger partial charge in [-0.15, -0.1) is 11.3 Å². The molecular weight excluding hydrogens is 669 g/mol. The molecule has 0 spiro atoms. The molecule has 0 aliphatic rings. The van der Waals surface area contributed by atoms with E-state index in [1.165, 1.54) is 6.42 Å². The van der Waals surface area contributed by atoms with Gasteiger partial charge in [-0.25, -0.2) is 0 Å². The molecule has 1 amide bonds. The van der Waals surface area contributed by atoms with E-state index in [1.54, 1.807) is 17.6 Å². The number of nitrogens with zero attached hydrogens (tertiary/aromatic N) is 1. The van der Waals surface area contributed by atoms with Gasteiger partial charge in [0.2, 0.25) is 5.91 Å². The lowest BCUT2D eigenvalue weighted by Gasteiger charge is -2.08. The minimum Gasteiger partial charge on any atom is -0.328 e. The van der Waals surface area contributed by atoms with Gasteiger partial charge in [-0.1, -0.05) is 159 Å². The van der Waals surface area contributed by atoms with Crippen LogP contribution < -0.4 is 16.4 Å². The molecule has 4 N–H and O–H groups in total. The van der Waals surface area contributed by atoms with E-state index in [-0.39, 0.29) is 11.9 Å². The molecule has 0 aliphatic heterocycles. The summed E-state index contributed by atoms with van der Waals surface area (Å²) in [6.07, 6.45) is 29.5. The van der Waals surface area contributed by atoms with Crippen molar-refractivity contribution in [1.82, 2.24) is 5.32 Å². The zero-order valence-electron chi connectivity index (χ0n) is 35.6. The van der Waals surface area contributed by atoms with Gasteiger partial charge in [0.25, 0.3) is 0 Å². The first kappa shape index (κ1) is 55.9. The molecular formula is C47H78N4OS. The molecule has 1 aromatic carbocycles. The van der Waals surface area contributed by atoms with Crippen LogP contribution in [0, 0.1) is 0 Å². The Balaban J connectivity index is -0.000000316. The number of likely N-dealkylation sites (N-methyl/N-ethyl adjacent to an activating group) is 1. The molecule has 0 saturated heterocycles. The number of benzene rings is 1. The Bertz CT molecular complexity index is 1280. The van der Waals surface area contributed by atoms with Gasteiger partial charge in [0, 0.05) is 23.2 Å². The summed E-state index contributed by atoms with van der Waals surface area (Å²) in [5, 5.41) is 7.95. The monoisotopic (exact) mass is 747 g/mol. The minimum atomic E-state index is 0.0192. The van der Waals surface area contributed by atoms with Gasteiger partial charge < -0.3 is 16.4 Å². The van der Waals surface area contributed by atoms with Crippen molar-refractivity contribution in [3.63, 3.8) is 0 Å². The summed E-state index contributed by atoms with van der Waals surface area (Å²) in [6, 6.07) is 12.1. The molecule has 0 bridgehead atoms. The van der Waals surface area contributed by atoms with Gasteiger partial charge in [0.15, 0.2) is 0 Å². The lowest BCUT2D eigenvalue weighted by Crippen LogP contribution is -2.13. The second-order valence-electron chi connectivity index (χ2n) is 11.4. The van der Waals surface area contributed by atoms with E-state index in [2.05, 4.69) is 92.1 Å². The lowest BCUT2D eigenvalue weighted by molar-refractivity contribution is -0.115. The van der Waals surface area contributed by atoms with Crippen molar-refractivity contribution >= 4 is 34.7 Å². The molecule has 2 aromatic rings. The molecule has 2 rings (SSSR count). The van der Waals surface area contributed by atoms with E-state index >= 15 is 0 Å². The standard InChI is InChI=1S/C17H19NOS.C12H21N.C8H15N.C6H11N.2C2H6/c1-3-6-13(2)14-7-4-8-15(11-14)18-17(19)12-16-9-5-10-20-16;1-3-4-5-6-7-8-9-10-11-12(2)13;1-3-4-5-6-7-8-9-2;1-4-7-5-6(2)3;2*1-2/h4-5,7-11H,2-3,6,12H2,1H3,(H,18,19);5-10,12H,3-4,11,13H2,1-2H3;4-7,9H,3,8H2,1-2H3;4H,2,5H2,1,3H3;2*1-2H3/b;6-5+,8-7-,10-9+;5-4-,7-6-;;;. The first-order valence-corrected chi connectivity index (χ1v) is 20.4. The first-order valence-electron chi connectivity index (χ1n) is 19.5. The number of allylic oxidation sites excluding steroid dienone is 9. The molecule has 1 aromatic heterocycles. The Morgan fingerprint density at radius 1 is 0.906 bits per heavy atom. The Morgan fingerprint density at radius 3 is 2.06 bits per heavy atom. The normalized spacial score (nSPS) is 11.1. The Hall–Kier alpha value is -3.84. The average Bonchev–Trinajstić information content (AvgIpc) is 3.67. The van der Waals surface area contributed by atoms with E-state index in [0.29, 0.717) is 6.42 Å². The van der Waals surface area contributed by atoms with Crippen molar-refractivity contribution in [2.45, 2.75) is 120 Å². The molecule has 53 heavy (non-hydrogen) atoms. The van der Waals surface area contributed by atoms with Crippen molar-refractivity contribution in [3.05, 3.63) is 132 Å². The zero-order chi connectivity index (χ0) is 41.0. The number of rotatable bonds is 18. The van der Waals surface area contributed by atoms with E-state index in [9.17, 15) is 4.79 Å². The SMILES string of the molecule is C=C(C)CN=CC.C=C(CCC)c1cccc(NC(=O)Cc2cccs2)c1.CC.CC.CC/C=C\C=C/CNC.CCC/C=C/C=C\C=C\CC(C)N. The highest BCUT2D eigenvalue weighted by atomic mass is 32.1. The van der Waals surface area contributed by atoms with Crippen molar-refractivity contribution in [1.29, 1.82) is 0 Å². The molecule has 1 heterocycles. The van der Waals surface area contributed by atoms with Crippen molar-refractivity contribution in [2.75, 3.05) is 25.5 Å². The number of anilines is 1. The highest BCUT2D eigenvalue weighted by Crippen LogP contribution is 2.21. The molecule has 0 fully saturated rings. The molecule has 0 radical (unpaired) electrons. The molecule has 5 nitrogen and oxygen atoms in total. The summed E-state index contributed by atoms with van der Waals surface area (Å²) in [6.45, 7) is 29.8. The van der Waals surface area contributed by atoms with Crippen molar-refractivity contribution < 1.29 is 4.79 Å². The average molecular weight is 747 g/mol. The maximum atomic E-state index is 12.0. The summed E-state index contributed by atoms with van der Waals surface area (Å²) >= 11 is 1.60. The van der Waals surface area contributed by atoms with Gasteiger partial charge in [-0.05, 0) is 94.4 Å². The van der Waals surface area contributed by atoms with Crippen LogP contribution in [0.15, 0.2) is 126 Å². The van der Waals surface area contributed by atoms with Gasteiger partial charge in [0.05, 0.1) is 13.0 Å². The topological polar surface area (TPSA) is 79.5 Å². The van der Waals surface area contributed by atoms with Crippen LogP contribution in [0.25, 0.3) is 5.57 Å². The quantitative estimate of drug-likeness (QED) is 0.0807. The number of carbonyl (C=O) groups excluding carboxylic acids is 1. The van der Waals surface area contributed by atoms with Gasteiger partial charge >= 0.3 is 0 Å². The van der Waals surface area contributed by atoms with E-state index in [0.717, 1.165) is 72.5 Å². The maximum Gasteiger partial charge on any atom is 0.229 e. The zero-order valence-corrected chi connectivity index (χ0v) is 36.4. The summed E-state index contributed by atoms with van der Waals surface area (Å²) in [5.74, 6) is 0.0192. The fraction of sp³-hybridized carbons (Fsp3) is 0.447. The molecule has 6 heteroatoms. The van der Waals surface area contributed by atoms with Crippen LogP contribution in [0.3, 0.4) is 0 Å². The van der Waals surface area contributed by atoms with Crippen molar-refractivity contribution in [2.24, 2.45) is 10.7 Å². The molecule has 0 aliphatic carbocycles. The Morgan fingerprint density at radius 2 is 1.55 bits per heavy atom. The number of unbranched alkanes of at least 4 members (excludes halogenated alkanes) is 1. The smallest absolute Gasteiger partial charge is 0.229 e. The predicted molar refractivity (Wildman–Crippen MR) is 247 cm³/mol. The van der Waals surface area contributed by atoms with Gasteiger partial charge in [0.1, 0.15) is 0 Å². The molecule has 0 saturated carbocycles. The van der Waals surface area contributed by atoms with Gasteiger partial charge in [-0.3, -0.25) is 9.79 Å². The summed E-state index contributed by atoms with van der Waals surface area (Å²) < 4.78 is 0. The van der Waals surface area contributed by atoms with Crippen LogP contribution in [0.5, 0.6) is 0 Å². The van der Waals surface area contributed by atoms with Crippen LogP contribution in [-0.2, 0) is 11.2 Å². The Labute approximate surface area is 331 Å². The molecule has 298 valence electrons. The lowest BCUT2D eigenvalue weighted by atomic mass is 10.0. The maximum absolute atomic E-state index is 12.0. The van der Waals surface area contributed by atoms with E-state index < -0.39 is 0 Å². The first-order chi connectivity index (χ1) is 25.6. The highest BCUT2D eigenvalue weighted by Gasteiger charge is 2.06. The van der Waals surface area contributed by atoms with Crippen LogP contribution in [0.4, 0.5) is 5.69 Å². The third-order valence-corrected chi connectivity index (χ3v) is 6.95. The predicted octanol–water partition coefficient (Wildman–Crippen LogP) is 13.4. The minimum absolute atomic E-state index is 0.0192. The van der Waals surface area contributed by atoms with Crippen LogP contribution in [-0.4, -0.2) is 38.3 Å². The van der Waals surface area contributed by atoms with Crippen molar-refractivity contribution in [3.8, 4) is 0 Å². The Kier molecular flexibility index (Phi) is 48.7. The third kappa shape index (κ3) is 44.2. The number of thiophene rings is 1. The second kappa shape index (κ2) is 46.2. The van der Waals surface area contributed by atoms with Crippen LogP contribution >= 0.6 is 11.3 Å². The second-order valence-corrected chi connectivity index (χ2v) is 12.4. The fourth-order valence-electron chi connectivity index (χ4n) is 3.61. The fourth-order valence-corrected chi connectivity index (χ4v) is 4.31. The van der Waals surface area contributed by atoms with E-state index in [1.807, 2.05) is 116 Å². The van der Waals surface area contributed by atoms with Crippen LogP contribution in [0.1, 0.15) is 118 Å². The number of nitrogens with one attached hydrogen (secondary N) is 2. The number of aliphatic imine (C=N–C) groups is 1. The number of amides is 1.